The maximum atomic E-state index is 7.65. The van der Waals surface area contributed by atoms with Crippen LogP contribution in [0.3, 0.4) is 0 Å². The van der Waals surface area contributed by atoms with Gasteiger partial charge in [0.15, 0.2) is 0 Å². The highest BCUT2D eigenvalue weighted by molar-refractivity contribution is 7.23. The Hall–Kier alpha value is -8.44. The third-order valence-corrected chi connectivity index (χ3v) is 22.8. The van der Waals surface area contributed by atoms with Crippen LogP contribution in [0.1, 0.15) is 79.0 Å². The van der Waals surface area contributed by atoms with Crippen molar-refractivity contribution in [2.45, 2.75) is 78.6 Å². The fourth-order valence-corrected chi connectivity index (χ4v) is 17.7. The first-order valence-electron chi connectivity index (χ1n) is 30.1. The van der Waals surface area contributed by atoms with Gasteiger partial charge in [-0.1, -0.05) is 147 Å². The van der Waals surface area contributed by atoms with Crippen LogP contribution in [0.15, 0.2) is 215 Å². The number of anilines is 6. The van der Waals surface area contributed by atoms with Gasteiger partial charge < -0.3 is 8.83 Å². The number of rotatable bonds is 6. The molecule has 6 aromatic heterocycles. The maximum absolute atomic E-state index is 7.65. The van der Waals surface area contributed by atoms with Crippen molar-refractivity contribution in [3.8, 4) is 41.8 Å². The Morgan fingerprint density at radius 2 is 0.644 bits per heavy atom. The second-order valence-electron chi connectivity index (χ2n) is 27.0. The maximum Gasteiger partial charge on any atom is 0.262 e. The van der Waals surface area contributed by atoms with Crippen molar-refractivity contribution in [2.24, 2.45) is 0 Å². The molecule has 9 heteroatoms. The molecule has 9 aromatic carbocycles. The normalized spacial score (nSPS) is 13.5. The van der Waals surface area contributed by atoms with E-state index >= 15 is 0 Å². The van der Waals surface area contributed by atoms with Gasteiger partial charge in [0.25, 0.3) is 6.71 Å². The van der Waals surface area contributed by atoms with Gasteiger partial charge in [0.2, 0.25) is 11.8 Å². The van der Waals surface area contributed by atoms with E-state index in [1.54, 1.807) is 0 Å². The van der Waals surface area contributed by atoms with Crippen LogP contribution < -0.4 is 26.2 Å². The number of fused-ring (bicyclic) bond motifs is 12. The van der Waals surface area contributed by atoms with Crippen molar-refractivity contribution in [2.75, 3.05) is 9.80 Å². The fourth-order valence-electron chi connectivity index (χ4n) is 13.5. The predicted octanol–water partition coefficient (Wildman–Crippen LogP) is 22.7. The first kappa shape index (κ1) is 52.9. The van der Waals surface area contributed by atoms with E-state index in [2.05, 4.69) is 278 Å². The zero-order chi connectivity index (χ0) is 59.0. The monoisotopic (exact) mass is 1200 g/mol. The molecule has 2 aliphatic rings. The van der Waals surface area contributed by atoms with E-state index in [1.165, 1.54) is 104 Å². The van der Waals surface area contributed by atoms with E-state index < -0.39 is 0 Å². The van der Waals surface area contributed by atoms with Crippen LogP contribution in [0.2, 0.25) is 0 Å². The summed E-state index contributed by atoms with van der Waals surface area (Å²) in [7, 11) is 0. The molecule has 0 saturated carbocycles. The molecule has 4 nitrogen and oxygen atoms in total. The SMILES string of the molecule is CC(C)(C)c1cc2c3c(c1)N(c1cc(-c4cc5ccccc5s4)cc(-c4cc5ccccc5s4)c1)c1oc4ccc(C(C)(C)C)cc4c1B3c1c(oc3ccc(C(C)(C)C)cc13)N2c1cc(-c2cc3ccccc3s2)cc(-c2cc3ccccc3s2)c1. The van der Waals surface area contributed by atoms with E-state index in [9.17, 15) is 0 Å². The second kappa shape index (κ2) is 19.0. The smallest absolute Gasteiger partial charge is 0.262 e. The van der Waals surface area contributed by atoms with Crippen molar-refractivity contribution in [1.29, 1.82) is 0 Å². The largest absolute Gasteiger partial charge is 0.440 e. The van der Waals surface area contributed by atoms with Gasteiger partial charge in [-0.05, 0) is 204 Å². The van der Waals surface area contributed by atoms with Gasteiger partial charge in [0.05, 0.1) is 11.4 Å². The van der Waals surface area contributed by atoms with Crippen LogP contribution in [0.4, 0.5) is 34.5 Å². The Morgan fingerprint density at radius 3 is 0.954 bits per heavy atom. The van der Waals surface area contributed by atoms with E-state index in [0.717, 1.165) is 67.4 Å². The zero-order valence-electron chi connectivity index (χ0n) is 50.1. The number of benzene rings is 9. The molecule has 0 saturated heterocycles. The molecule has 0 N–H and O–H groups in total. The third-order valence-electron chi connectivity index (χ3n) is 18.1. The summed E-state index contributed by atoms with van der Waals surface area (Å²) in [6.45, 7) is 20.7. The first-order valence-corrected chi connectivity index (χ1v) is 33.4. The first-order chi connectivity index (χ1) is 41.9. The minimum absolute atomic E-state index is 0.126. The van der Waals surface area contributed by atoms with Crippen molar-refractivity contribution in [3.05, 3.63) is 223 Å². The van der Waals surface area contributed by atoms with Crippen LogP contribution in [0.25, 0.3) is 104 Å². The molecule has 17 rings (SSSR count). The highest BCUT2D eigenvalue weighted by Gasteiger charge is 2.50. The predicted molar refractivity (Wildman–Crippen MR) is 379 cm³/mol. The lowest BCUT2D eigenvalue weighted by atomic mass is 9.33. The van der Waals surface area contributed by atoms with Gasteiger partial charge in [-0.15, -0.1) is 45.3 Å². The molecule has 0 atom stereocenters. The minimum Gasteiger partial charge on any atom is -0.440 e. The van der Waals surface area contributed by atoms with E-state index in [4.69, 9.17) is 8.83 Å². The summed E-state index contributed by atoms with van der Waals surface area (Å²) in [5.74, 6) is 1.67. The molecule has 8 heterocycles. The molecule has 0 spiro atoms. The van der Waals surface area contributed by atoms with Gasteiger partial charge in [-0.2, -0.15) is 0 Å². The molecule has 0 bridgehead atoms. The molecule has 0 aliphatic carbocycles. The van der Waals surface area contributed by atoms with Gasteiger partial charge in [-0.25, -0.2) is 0 Å². The molecule has 0 amide bonds. The minimum atomic E-state index is -0.282. The Bertz CT molecular complexity index is 4710. The molecular formula is C78H61BN2O2S4. The lowest BCUT2D eigenvalue weighted by Crippen LogP contribution is -2.61. The summed E-state index contributed by atoms with van der Waals surface area (Å²) in [5, 5.41) is 7.23. The highest BCUT2D eigenvalue weighted by atomic mass is 32.1. The number of hydrogen-bond donors (Lipinski definition) is 0. The van der Waals surface area contributed by atoms with Crippen LogP contribution in [0.5, 0.6) is 0 Å². The summed E-state index contributed by atoms with van der Waals surface area (Å²) >= 11 is 7.43. The number of furan rings is 2. The molecule has 15 aromatic rings. The summed E-state index contributed by atoms with van der Waals surface area (Å²) in [4.78, 5) is 9.92. The van der Waals surface area contributed by atoms with Gasteiger partial charge >= 0.3 is 0 Å². The average Bonchev–Trinajstić information content (AvgIpc) is 1.64. The van der Waals surface area contributed by atoms with E-state index in [0.29, 0.717) is 0 Å². The van der Waals surface area contributed by atoms with Crippen LogP contribution in [0, 0.1) is 0 Å². The van der Waals surface area contributed by atoms with Gasteiger partial charge in [0.1, 0.15) is 11.2 Å². The lowest BCUT2D eigenvalue weighted by molar-refractivity contribution is 0.588. The van der Waals surface area contributed by atoms with Crippen molar-refractivity contribution in [1.82, 2.24) is 0 Å². The van der Waals surface area contributed by atoms with Gasteiger partial charge in [0, 0.05) is 71.4 Å². The summed E-state index contributed by atoms with van der Waals surface area (Å²) < 4.78 is 20.4. The Labute approximate surface area is 523 Å². The molecule has 87 heavy (non-hydrogen) atoms. The van der Waals surface area contributed by atoms with Crippen LogP contribution >= 0.6 is 45.3 Å². The van der Waals surface area contributed by atoms with Crippen molar-refractivity contribution < 1.29 is 8.83 Å². The quantitative estimate of drug-likeness (QED) is 0.155. The Balaban J connectivity index is 1.01. The van der Waals surface area contributed by atoms with Crippen molar-refractivity contribution >= 4 is 165 Å². The number of hydrogen-bond acceptors (Lipinski definition) is 8. The molecule has 0 unspecified atom stereocenters. The average molecular weight is 1200 g/mol. The molecule has 0 fully saturated rings. The highest BCUT2D eigenvalue weighted by Crippen LogP contribution is 2.53. The van der Waals surface area contributed by atoms with E-state index in [1.807, 2.05) is 45.3 Å². The summed E-state index contributed by atoms with van der Waals surface area (Å²) in [5.41, 5.74) is 17.4. The summed E-state index contributed by atoms with van der Waals surface area (Å²) in [6, 6.07) is 78.0. The van der Waals surface area contributed by atoms with Crippen molar-refractivity contribution in [3.63, 3.8) is 0 Å². The fraction of sp³-hybridized carbons (Fsp3) is 0.154. The molecule has 2 aliphatic heterocycles. The topological polar surface area (TPSA) is 32.8 Å². The molecule has 0 radical (unpaired) electrons. The Morgan fingerprint density at radius 1 is 0.322 bits per heavy atom. The van der Waals surface area contributed by atoms with Crippen LogP contribution in [-0.2, 0) is 16.2 Å². The molecule has 422 valence electrons. The Kier molecular flexibility index (Phi) is 11.6. The van der Waals surface area contributed by atoms with Crippen LogP contribution in [-0.4, -0.2) is 6.71 Å². The third kappa shape index (κ3) is 8.55. The zero-order valence-corrected chi connectivity index (χ0v) is 53.3. The van der Waals surface area contributed by atoms with Gasteiger partial charge in [-0.3, -0.25) is 9.80 Å². The van der Waals surface area contributed by atoms with E-state index in [-0.39, 0.29) is 23.0 Å². The lowest BCUT2D eigenvalue weighted by Gasteiger charge is -2.42. The molecular weight excluding hydrogens is 1140 g/mol. The summed E-state index contributed by atoms with van der Waals surface area (Å²) in [6.07, 6.45) is 0. The standard InChI is InChI=1S/C78H61BN2O2S4/c1-76(2,3)52-26-28-61-57(40-52)71-74(82-61)80(55-32-48(67-36-44-18-10-14-22-63(44)84-67)30-49(33-55)68-37-45-19-11-15-23-64(45)85-68)59-42-54(78(7,8)9)43-60-73(59)79(71)72-58-41-53(77(4,5)6)27-29-62(58)83-75(72)81(60)56-34-50(69-38-46-20-12-16-24-65(46)86-69)31-51(35-56)70-39-47-21-13-17-25-66(47)87-70/h10-43H,1-9H3. The number of nitrogens with zero attached hydrogens (tertiary/aromatic N) is 2. The second-order valence-corrected chi connectivity index (χ2v) is 31.3. The number of thiophene rings is 4.